The highest BCUT2D eigenvalue weighted by atomic mass is 32.2. The number of nitrogens with one attached hydrogen (secondary N) is 1. The van der Waals surface area contributed by atoms with Gasteiger partial charge in [0.05, 0.1) is 11.9 Å². The van der Waals surface area contributed by atoms with Gasteiger partial charge in [-0.05, 0) is 37.5 Å². The predicted molar refractivity (Wildman–Crippen MR) is 118 cm³/mol. The van der Waals surface area contributed by atoms with Crippen molar-refractivity contribution in [2.24, 2.45) is 0 Å². The van der Waals surface area contributed by atoms with Crippen molar-refractivity contribution in [2.45, 2.75) is 37.4 Å². The Morgan fingerprint density at radius 1 is 1.17 bits per heavy atom. The monoisotopic (exact) mass is 422 g/mol. The molecule has 4 rings (SSSR count). The third-order valence-corrected chi connectivity index (χ3v) is 6.01. The lowest BCUT2D eigenvalue weighted by Crippen LogP contribution is -2.32. The number of benzene rings is 2. The highest BCUT2D eigenvalue weighted by Gasteiger charge is 2.18. The molecule has 1 atom stereocenters. The molecule has 0 aliphatic carbocycles. The highest BCUT2D eigenvalue weighted by Crippen LogP contribution is 2.24. The summed E-state index contributed by atoms with van der Waals surface area (Å²) in [6.07, 6.45) is 2.90. The maximum Gasteiger partial charge on any atom is 0.230 e. The Bertz CT molecular complexity index is 967. The Balaban J connectivity index is 1.48. The number of carbonyl (C=O) groups excluding carboxylic acids is 1. The third-order valence-electron chi connectivity index (χ3n) is 5.08. The van der Waals surface area contributed by atoms with Crippen molar-refractivity contribution < 1.29 is 9.53 Å². The molecule has 2 heterocycles. The lowest BCUT2D eigenvalue weighted by molar-refractivity contribution is -0.119. The molecule has 1 amide bonds. The van der Waals surface area contributed by atoms with Crippen LogP contribution in [0.25, 0.3) is 5.69 Å². The summed E-state index contributed by atoms with van der Waals surface area (Å²) in [6.45, 7) is 3.43. The van der Waals surface area contributed by atoms with Gasteiger partial charge in [-0.1, -0.05) is 59.8 Å². The topological polar surface area (TPSA) is 69.0 Å². The SMILES string of the molecule is Cc1ccc(-n2c(Cc3ccccc3)nnc2SCC(=O)NC[C@@H]2CCCO2)cc1. The molecule has 156 valence electrons. The van der Waals surface area contributed by atoms with Gasteiger partial charge in [-0.25, -0.2) is 0 Å². The molecule has 6 nitrogen and oxygen atoms in total. The molecule has 1 saturated heterocycles. The predicted octanol–water partition coefficient (Wildman–Crippen LogP) is 3.55. The smallest absolute Gasteiger partial charge is 0.230 e. The van der Waals surface area contributed by atoms with Gasteiger partial charge in [-0.15, -0.1) is 10.2 Å². The van der Waals surface area contributed by atoms with Crippen molar-refractivity contribution in [1.82, 2.24) is 20.1 Å². The van der Waals surface area contributed by atoms with Crippen LogP contribution < -0.4 is 5.32 Å². The fourth-order valence-electron chi connectivity index (χ4n) is 3.45. The number of carbonyl (C=O) groups is 1. The number of ether oxygens (including phenoxy) is 1. The second-order valence-electron chi connectivity index (χ2n) is 7.46. The van der Waals surface area contributed by atoms with E-state index >= 15 is 0 Å². The lowest BCUT2D eigenvalue weighted by Gasteiger charge is -2.12. The molecule has 0 unspecified atom stereocenters. The third kappa shape index (κ3) is 5.29. The average Bonchev–Trinajstić information content (AvgIpc) is 3.42. The fourth-order valence-corrected chi connectivity index (χ4v) is 4.25. The minimum Gasteiger partial charge on any atom is -0.376 e. The maximum absolute atomic E-state index is 12.3. The molecule has 7 heteroatoms. The molecule has 30 heavy (non-hydrogen) atoms. The zero-order valence-electron chi connectivity index (χ0n) is 17.1. The summed E-state index contributed by atoms with van der Waals surface area (Å²) < 4.78 is 7.61. The summed E-state index contributed by atoms with van der Waals surface area (Å²) >= 11 is 1.40. The number of aromatic nitrogens is 3. The number of rotatable bonds is 8. The van der Waals surface area contributed by atoms with Crippen LogP contribution >= 0.6 is 11.8 Å². The van der Waals surface area contributed by atoms with Gasteiger partial charge < -0.3 is 10.1 Å². The molecule has 0 bridgehead atoms. The largest absolute Gasteiger partial charge is 0.376 e. The van der Waals surface area contributed by atoms with E-state index in [1.807, 2.05) is 22.8 Å². The molecule has 1 aromatic heterocycles. The van der Waals surface area contributed by atoms with Gasteiger partial charge in [0.15, 0.2) is 5.16 Å². The van der Waals surface area contributed by atoms with E-state index in [2.05, 4.69) is 58.8 Å². The number of thioether (sulfide) groups is 1. The quantitative estimate of drug-likeness (QED) is 0.562. The van der Waals surface area contributed by atoms with Crippen LogP contribution in [0, 0.1) is 6.92 Å². The van der Waals surface area contributed by atoms with Crippen molar-refractivity contribution in [3.05, 3.63) is 71.5 Å². The van der Waals surface area contributed by atoms with E-state index in [0.717, 1.165) is 36.1 Å². The van der Waals surface area contributed by atoms with Crippen LogP contribution in [0.15, 0.2) is 59.8 Å². The molecule has 1 N–H and O–H groups in total. The lowest BCUT2D eigenvalue weighted by atomic mass is 10.1. The Labute approximate surface area is 181 Å². The van der Waals surface area contributed by atoms with Crippen LogP contribution in [0.1, 0.15) is 29.8 Å². The van der Waals surface area contributed by atoms with Crippen molar-refractivity contribution in [1.29, 1.82) is 0 Å². The zero-order valence-corrected chi connectivity index (χ0v) is 17.9. The summed E-state index contributed by atoms with van der Waals surface area (Å²) in [6, 6.07) is 18.5. The van der Waals surface area contributed by atoms with Gasteiger partial charge in [-0.2, -0.15) is 0 Å². The second kappa shape index (κ2) is 9.91. The molecule has 0 spiro atoms. The van der Waals surface area contributed by atoms with Crippen LogP contribution in [-0.2, 0) is 16.0 Å². The summed E-state index contributed by atoms with van der Waals surface area (Å²) in [5.74, 6) is 1.13. The van der Waals surface area contributed by atoms with Gasteiger partial charge in [0, 0.05) is 25.3 Å². The summed E-state index contributed by atoms with van der Waals surface area (Å²) in [5, 5.41) is 12.5. The van der Waals surface area contributed by atoms with Crippen LogP contribution in [0.3, 0.4) is 0 Å². The first-order valence-electron chi connectivity index (χ1n) is 10.3. The van der Waals surface area contributed by atoms with E-state index < -0.39 is 0 Å². The van der Waals surface area contributed by atoms with Crippen molar-refractivity contribution >= 4 is 17.7 Å². The van der Waals surface area contributed by atoms with Gasteiger partial charge in [0.2, 0.25) is 5.91 Å². The molecule has 2 aromatic carbocycles. The minimum atomic E-state index is -0.0152. The van der Waals surface area contributed by atoms with Crippen LogP contribution in [0.4, 0.5) is 0 Å². The van der Waals surface area contributed by atoms with E-state index in [-0.39, 0.29) is 12.0 Å². The average molecular weight is 423 g/mol. The molecular formula is C23H26N4O2S. The van der Waals surface area contributed by atoms with Gasteiger partial charge in [-0.3, -0.25) is 9.36 Å². The summed E-state index contributed by atoms with van der Waals surface area (Å²) in [4.78, 5) is 12.3. The second-order valence-corrected chi connectivity index (χ2v) is 8.40. The fraction of sp³-hybridized carbons (Fsp3) is 0.348. The first kappa shape index (κ1) is 20.6. The standard InChI is InChI=1S/C23H26N4O2S/c1-17-9-11-19(12-10-17)27-21(14-18-6-3-2-4-7-18)25-26-23(27)30-16-22(28)24-15-20-8-5-13-29-20/h2-4,6-7,9-12,20H,5,8,13-16H2,1H3,(H,24,28)/t20-/m0/s1. The van der Waals surface area contributed by atoms with Crippen LogP contribution in [-0.4, -0.2) is 45.7 Å². The van der Waals surface area contributed by atoms with Gasteiger partial charge in [0.25, 0.3) is 0 Å². The number of hydrogen-bond donors (Lipinski definition) is 1. The van der Waals surface area contributed by atoms with Crippen molar-refractivity contribution in [2.75, 3.05) is 18.9 Å². The van der Waals surface area contributed by atoms with E-state index in [9.17, 15) is 4.79 Å². The molecule has 0 radical (unpaired) electrons. The Morgan fingerprint density at radius 2 is 1.97 bits per heavy atom. The van der Waals surface area contributed by atoms with E-state index in [0.29, 0.717) is 18.7 Å². The first-order valence-corrected chi connectivity index (χ1v) is 11.2. The van der Waals surface area contributed by atoms with E-state index in [1.165, 1.54) is 22.9 Å². The van der Waals surface area contributed by atoms with Crippen LogP contribution in [0.5, 0.6) is 0 Å². The molecule has 1 aliphatic heterocycles. The highest BCUT2D eigenvalue weighted by molar-refractivity contribution is 7.99. The number of nitrogens with zero attached hydrogens (tertiary/aromatic N) is 3. The molecular weight excluding hydrogens is 396 g/mol. The van der Waals surface area contributed by atoms with Crippen molar-refractivity contribution in [3.63, 3.8) is 0 Å². The van der Waals surface area contributed by atoms with Crippen molar-refractivity contribution in [3.8, 4) is 5.69 Å². The van der Waals surface area contributed by atoms with Gasteiger partial charge in [0.1, 0.15) is 5.82 Å². The minimum absolute atomic E-state index is 0.0152. The Hall–Kier alpha value is -2.64. The van der Waals surface area contributed by atoms with Crippen LogP contribution in [0.2, 0.25) is 0 Å². The maximum atomic E-state index is 12.3. The molecule has 1 aliphatic rings. The number of hydrogen-bond acceptors (Lipinski definition) is 5. The normalized spacial score (nSPS) is 16.0. The Morgan fingerprint density at radius 3 is 2.70 bits per heavy atom. The molecule has 3 aromatic rings. The zero-order chi connectivity index (χ0) is 20.8. The first-order chi connectivity index (χ1) is 14.7. The number of amides is 1. The Kier molecular flexibility index (Phi) is 6.81. The molecule has 0 saturated carbocycles. The summed E-state index contributed by atoms with van der Waals surface area (Å²) in [5.41, 5.74) is 3.36. The molecule has 1 fully saturated rings. The summed E-state index contributed by atoms with van der Waals surface area (Å²) in [7, 11) is 0. The van der Waals surface area contributed by atoms with E-state index in [4.69, 9.17) is 4.74 Å². The number of aryl methyl sites for hydroxylation is 1. The van der Waals surface area contributed by atoms with E-state index in [1.54, 1.807) is 0 Å². The van der Waals surface area contributed by atoms with Gasteiger partial charge >= 0.3 is 0 Å².